The minimum absolute atomic E-state index is 0.0139. The predicted octanol–water partition coefficient (Wildman–Crippen LogP) is 1.01. The summed E-state index contributed by atoms with van der Waals surface area (Å²) in [6.45, 7) is 1.64. The summed E-state index contributed by atoms with van der Waals surface area (Å²) in [6.07, 6.45) is 1.06. The number of anilines is 1. The highest BCUT2D eigenvalue weighted by atomic mass is 16.6. The molecule has 0 atom stereocenters. The summed E-state index contributed by atoms with van der Waals surface area (Å²) < 4.78 is 1.03. The lowest BCUT2D eigenvalue weighted by molar-refractivity contribution is -0.385. The largest absolute Gasteiger partial charge is 0.368 e. The first-order chi connectivity index (χ1) is 13.3. The molecule has 0 unspecified atom stereocenters. The van der Waals surface area contributed by atoms with Crippen molar-refractivity contribution >= 4 is 23.0 Å². The third-order valence-corrected chi connectivity index (χ3v) is 4.54. The van der Waals surface area contributed by atoms with Gasteiger partial charge in [-0.1, -0.05) is 0 Å². The fourth-order valence-electron chi connectivity index (χ4n) is 3.00. The topological polar surface area (TPSA) is 132 Å². The lowest BCUT2D eigenvalue weighted by Gasteiger charge is -2.36. The number of rotatable bonds is 5. The Morgan fingerprint density at radius 2 is 1.46 bits per heavy atom. The van der Waals surface area contributed by atoms with Crippen LogP contribution in [0.5, 0.6) is 0 Å². The number of hydrogen-bond donors (Lipinski definition) is 0. The molecule has 146 valence electrons. The average molecular weight is 387 g/mol. The molecule has 2 heterocycles. The number of hydrogen-bond acceptors (Lipinski definition) is 7. The Bertz CT molecular complexity index is 963. The molecule has 0 aliphatic carbocycles. The smallest absolute Gasteiger partial charge is 0.285 e. The van der Waals surface area contributed by atoms with Crippen LogP contribution in [0, 0.1) is 20.2 Å². The van der Waals surface area contributed by atoms with Gasteiger partial charge in [0, 0.05) is 56.1 Å². The van der Waals surface area contributed by atoms with Crippen molar-refractivity contribution in [1.29, 1.82) is 0 Å². The fourth-order valence-corrected chi connectivity index (χ4v) is 3.00. The van der Waals surface area contributed by atoms with Crippen LogP contribution in [0.3, 0.4) is 0 Å². The third-order valence-electron chi connectivity index (χ3n) is 4.54. The highest BCUT2D eigenvalue weighted by molar-refractivity contribution is 5.76. The molecule has 0 radical (unpaired) electrons. The van der Waals surface area contributed by atoms with Crippen LogP contribution in [0.4, 0.5) is 17.1 Å². The van der Waals surface area contributed by atoms with Crippen LogP contribution < -0.4 is 10.5 Å². The van der Waals surface area contributed by atoms with E-state index in [1.807, 2.05) is 4.90 Å². The van der Waals surface area contributed by atoms with Crippen molar-refractivity contribution in [3.8, 4) is 0 Å². The van der Waals surface area contributed by atoms with Crippen molar-refractivity contribution in [2.24, 2.45) is 0 Å². The summed E-state index contributed by atoms with van der Waals surface area (Å²) >= 11 is 0. The Hall–Kier alpha value is -3.76. The van der Waals surface area contributed by atoms with E-state index in [-0.39, 0.29) is 23.8 Å². The molecule has 11 heteroatoms. The summed E-state index contributed by atoms with van der Waals surface area (Å²) in [5.74, 6) is -0.300. The summed E-state index contributed by atoms with van der Waals surface area (Å²) in [5, 5.41) is 21.6. The van der Waals surface area contributed by atoms with Gasteiger partial charge in [0.1, 0.15) is 6.54 Å². The molecule has 0 N–H and O–H groups in total. The van der Waals surface area contributed by atoms with Crippen LogP contribution in [-0.4, -0.2) is 51.4 Å². The molecule has 1 aromatic carbocycles. The highest BCUT2D eigenvalue weighted by Gasteiger charge is 2.22. The Kier molecular flexibility index (Phi) is 5.34. The number of carbonyl (C=O) groups is 1. The van der Waals surface area contributed by atoms with Crippen molar-refractivity contribution in [2.75, 3.05) is 31.1 Å². The van der Waals surface area contributed by atoms with Gasteiger partial charge in [-0.3, -0.25) is 34.4 Å². The standard InChI is InChI=1S/C17H17N5O6/c23-16-6-5-15(22(27)28)11-20(16)12-17(24)19-9-7-18(8-10-19)13-1-3-14(4-2-13)21(25)26/h1-6,11H,7-10,12H2. The summed E-state index contributed by atoms with van der Waals surface area (Å²) in [7, 11) is 0. The fraction of sp³-hybridized carbons (Fsp3) is 0.294. The van der Waals surface area contributed by atoms with E-state index in [2.05, 4.69) is 0 Å². The Morgan fingerprint density at radius 1 is 0.893 bits per heavy atom. The molecule has 1 aliphatic heterocycles. The van der Waals surface area contributed by atoms with Gasteiger partial charge in [0.15, 0.2) is 0 Å². The van der Waals surface area contributed by atoms with E-state index in [4.69, 9.17) is 0 Å². The number of benzene rings is 1. The quantitative estimate of drug-likeness (QED) is 0.552. The minimum Gasteiger partial charge on any atom is -0.368 e. The molecular weight excluding hydrogens is 370 g/mol. The van der Waals surface area contributed by atoms with Crippen LogP contribution in [0.2, 0.25) is 0 Å². The van der Waals surface area contributed by atoms with Crippen LogP contribution >= 0.6 is 0 Å². The van der Waals surface area contributed by atoms with Crippen molar-refractivity contribution in [3.63, 3.8) is 0 Å². The molecule has 1 aromatic heterocycles. The Labute approximate surface area is 158 Å². The second-order valence-corrected chi connectivity index (χ2v) is 6.25. The van der Waals surface area contributed by atoms with Crippen molar-refractivity contribution in [3.05, 3.63) is 73.2 Å². The second-order valence-electron chi connectivity index (χ2n) is 6.25. The van der Waals surface area contributed by atoms with Gasteiger partial charge >= 0.3 is 0 Å². The predicted molar refractivity (Wildman–Crippen MR) is 99.2 cm³/mol. The van der Waals surface area contributed by atoms with E-state index in [9.17, 15) is 29.8 Å². The molecule has 0 bridgehead atoms. The van der Waals surface area contributed by atoms with Gasteiger partial charge in [0.2, 0.25) is 5.91 Å². The maximum atomic E-state index is 12.5. The molecule has 1 saturated heterocycles. The number of piperazine rings is 1. The van der Waals surface area contributed by atoms with Gasteiger partial charge in [0.25, 0.3) is 16.9 Å². The number of amides is 1. The second kappa shape index (κ2) is 7.86. The first-order valence-corrected chi connectivity index (χ1v) is 8.47. The van der Waals surface area contributed by atoms with Crippen LogP contribution in [0.1, 0.15) is 0 Å². The SMILES string of the molecule is O=C(Cn1cc([N+](=O)[O-])ccc1=O)N1CCN(c2ccc([N+](=O)[O-])cc2)CC1. The number of carbonyl (C=O) groups excluding carboxylic acids is 1. The monoisotopic (exact) mass is 387 g/mol. The summed E-state index contributed by atoms with van der Waals surface area (Å²) in [6, 6.07) is 8.37. The zero-order chi connectivity index (χ0) is 20.3. The van der Waals surface area contributed by atoms with E-state index < -0.39 is 15.4 Å². The first kappa shape index (κ1) is 19.0. The van der Waals surface area contributed by atoms with E-state index in [0.29, 0.717) is 26.2 Å². The maximum Gasteiger partial charge on any atom is 0.285 e. The van der Waals surface area contributed by atoms with E-state index in [1.54, 1.807) is 17.0 Å². The Morgan fingerprint density at radius 3 is 2.04 bits per heavy atom. The molecule has 1 fully saturated rings. The number of aromatic nitrogens is 1. The van der Waals surface area contributed by atoms with Gasteiger partial charge in [0.05, 0.1) is 16.0 Å². The van der Waals surface area contributed by atoms with E-state index in [0.717, 1.165) is 28.6 Å². The van der Waals surface area contributed by atoms with Crippen LogP contribution in [0.25, 0.3) is 0 Å². The maximum absolute atomic E-state index is 12.5. The van der Waals surface area contributed by atoms with Crippen molar-refractivity contribution in [2.45, 2.75) is 6.54 Å². The first-order valence-electron chi connectivity index (χ1n) is 8.47. The zero-order valence-corrected chi connectivity index (χ0v) is 14.8. The molecule has 3 rings (SSSR count). The third kappa shape index (κ3) is 4.14. The van der Waals surface area contributed by atoms with Gasteiger partial charge in [-0.15, -0.1) is 0 Å². The lowest BCUT2D eigenvalue weighted by Crippen LogP contribution is -2.50. The van der Waals surface area contributed by atoms with Gasteiger partial charge in [-0.05, 0) is 12.1 Å². The Balaban J connectivity index is 1.61. The van der Waals surface area contributed by atoms with Crippen LogP contribution in [0.15, 0.2) is 47.4 Å². The zero-order valence-electron chi connectivity index (χ0n) is 14.8. The van der Waals surface area contributed by atoms with Crippen molar-refractivity contribution < 1.29 is 14.6 Å². The summed E-state index contributed by atoms with van der Waals surface area (Å²) in [5.41, 5.74) is 0.103. The highest BCUT2D eigenvalue weighted by Crippen LogP contribution is 2.20. The molecular formula is C17H17N5O6. The molecule has 11 nitrogen and oxygen atoms in total. The van der Waals surface area contributed by atoms with Gasteiger partial charge in [-0.25, -0.2) is 0 Å². The molecule has 1 amide bonds. The molecule has 28 heavy (non-hydrogen) atoms. The van der Waals surface area contributed by atoms with E-state index >= 15 is 0 Å². The summed E-state index contributed by atoms with van der Waals surface area (Å²) in [4.78, 5) is 48.4. The lowest BCUT2D eigenvalue weighted by atomic mass is 10.2. The number of pyridine rings is 1. The normalized spacial score (nSPS) is 14.0. The van der Waals surface area contributed by atoms with Crippen LogP contribution in [-0.2, 0) is 11.3 Å². The number of nitrogens with zero attached hydrogens (tertiary/aromatic N) is 5. The van der Waals surface area contributed by atoms with Gasteiger partial charge in [-0.2, -0.15) is 0 Å². The number of non-ortho nitro benzene ring substituents is 1. The van der Waals surface area contributed by atoms with Crippen molar-refractivity contribution in [1.82, 2.24) is 9.47 Å². The number of nitro benzene ring substituents is 1. The molecule has 0 saturated carbocycles. The molecule has 1 aliphatic rings. The number of nitro groups is 2. The average Bonchev–Trinajstić information content (AvgIpc) is 2.69. The minimum atomic E-state index is -0.622. The van der Waals surface area contributed by atoms with Gasteiger partial charge < -0.3 is 9.80 Å². The van der Waals surface area contributed by atoms with E-state index in [1.165, 1.54) is 12.1 Å². The molecule has 0 spiro atoms. The molecule has 2 aromatic rings.